The summed E-state index contributed by atoms with van der Waals surface area (Å²) in [4.78, 5) is 19.6. The first kappa shape index (κ1) is 77.4. The van der Waals surface area contributed by atoms with Crippen molar-refractivity contribution < 1.29 is 87.1 Å². The average Bonchev–Trinajstić information content (AvgIpc) is 1.72. The van der Waals surface area contributed by atoms with E-state index in [2.05, 4.69) is 152 Å². The van der Waals surface area contributed by atoms with E-state index in [1.54, 1.807) is 4.58 Å². The highest BCUT2D eigenvalue weighted by atomic mass is 35.5. The molecule has 2 heterocycles. The van der Waals surface area contributed by atoms with Crippen LogP contribution in [-0.4, -0.2) is 101 Å². The molecule has 87 heavy (non-hydrogen) atoms. The second-order valence-corrected chi connectivity index (χ2v) is 24.0. The first-order valence-electron chi connectivity index (χ1n) is 27.2. The Morgan fingerprint density at radius 1 is 0.563 bits per heavy atom. The fraction of sp³-hybridized carbons (Fsp3) is 0.292. The van der Waals surface area contributed by atoms with Gasteiger partial charge in [0, 0.05) is 68.7 Å². The molecule has 0 saturated heterocycles. The molecule has 2 aliphatic heterocycles. The zero-order valence-corrected chi connectivity index (χ0v) is 54.0. The molecule has 1 atom stereocenters. The van der Waals surface area contributed by atoms with E-state index in [0.717, 1.165) is 35.5 Å². The minimum Gasteiger partial charge on any atom is -1.00 e. The maximum absolute atomic E-state index is 11.7. The molecule has 0 radical (unpaired) electrons. The Morgan fingerprint density at radius 3 is 1.39 bits per heavy atom. The number of hydrogen-bond donors (Lipinski definition) is 0. The molecule has 468 valence electrons. The number of carbonyl (C=O) groups excluding carboxylic acids is 2. The molecule has 5 aromatic carbocycles. The number of fused-ring (bicyclic) bond motifs is 2. The summed E-state index contributed by atoms with van der Waals surface area (Å²) in [5.74, 6) is -1.44. The second kappa shape index (κ2) is 39.9. The summed E-state index contributed by atoms with van der Waals surface area (Å²) in [6, 6.07) is 47.1. The van der Waals surface area contributed by atoms with Crippen molar-refractivity contribution in [2.75, 3.05) is 12.3 Å². The van der Waals surface area contributed by atoms with Crippen molar-refractivity contribution in [3.8, 4) is 0 Å². The highest BCUT2D eigenvalue weighted by Crippen LogP contribution is 2.42. The normalized spacial score (nSPS) is 14.0. The molecule has 2 aliphatic rings. The van der Waals surface area contributed by atoms with E-state index < -0.39 is 58.8 Å². The maximum atomic E-state index is 11.7. The SMILES string of the molecule is C(=C\C=C\c1ccccc1)/C=C/Cc1ccccc1.CC(=O)OC(C)=O.CC1(C)C(/C=C/C=C/C=C/Cc2ccccc2)=[N+](CCCCS(=O)(=O)[O-])c2ccccc21.CCCC([N+]1=C(C)C(C)(C)c2ccccc21)S(=O)(=O)[O-].O=S(=O)=O.O=S(=O)=O.[Cl-]. The molecule has 5 aromatic rings. The number of halogens is 1. The van der Waals surface area contributed by atoms with E-state index in [1.807, 2.05) is 111 Å². The van der Waals surface area contributed by atoms with Crippen molar-refractivity contribution in [1.29, 1.82) is 0 Å². The Morgan fingerprint density at radius 2 is 0.966 bits per heavy atom. The number of benzene rings is 5. The first-order chi connectivity index (χ1) is 40.5. The Balaban J connectivity index is 0.000000597. The van der Waals surface area contributed by atoms with Crippen LogP contribution in [0.5, 0.6) is 0 Å². The summed E-state index contributed by atoms with van der Waals surface area (Å²) in [6.45, 7) is 15.4. The number of ether oxygens (including phenoxy) is 1. The molecule has 1 unspecified atom stereocenters. The van der Waals surface area contributed by atoms with E-state index in [4.69, 9.17) is 25.3 Å². The molecule has 0 aliphatic carbocycles. The lowest BCUT2D eigenvalue weighted by atomic mass is 9.81. The van der Waals surface area contributed by atoms with Gasteiger partial charge in [-0.1, -0.05) is 201 Å². The lowest BCUT2D eigenvalue weighted by Gasteiger charge is -2.19. The molecule has 22 heteroatoms. The van der Waals surface area contributed by atoms with Gasteiger partial charge in [-0.05, 0) is 70.1 Å². The van der Waals surface area contributed by atoms with E-state index >= 15 is 0 Å². The fourth-order valence-corrected chi connectivity index (χ4v) is 10.6. The maximum Gasteiger partial charge on any atom is 0.425 e. The monoisotopic (exact) mass is 1290 g/mol. The zero-order valence-electron chi connectivity index (χ0n) is 50.0. The van der Waals surface area contributed by atoms with Crippen LogP contribution < -0.4 is 12.4 Å². The molecule has 0 bridgehead atoms. The Labute approximate surface area is 522 Å². The second-order valence-electron chi connectivity index (χ2n) is 20.1. The highest BCUT2D eigenvalue weighted by Gasteiger charge is 2.47. The zero-order chi connectivity index (χ0) is 64.4. The van der Waals surface area contributed by atoms with Gasteiger partial charge in [-0.15, -0.1) is 25.3 Å². The molecule has 0 saturated carbocycles. The van der Waals surface area contributed by atoms with Crippen molar-refractivity contribution in [3.05, 3.63) is 234 Å². The standard InChI is InChI=1S/C27H31NO3S.C19H18.C15H21NO3S.C4H6O3.ClH.2O3S/c1-27(2)24-18-11-12-19-25(24)28(21-13-14-22-32(29,30)31)26(27)20-10-5-3-4-7-15-23-16-8-6-9-17-23;1(2-6-12-18-14-8-4-9-15-18)3-7-13-19-16-10-5-11-17-19;1-5-8-14(20(17,18)19)16-11(2)15(3,4)12-9-6-7-10-13(12)16;1-3(5)7-4(2)6;;2*1-4(2)3/h3-12,16-20H,13-15,21-22H2,1-2H3;1-12,14-17H,13H2;6-7,9-10,14H,5,8H2,1-4H3;1-2H3;1H;;/p-1/b5-3+,7-4+,20-10+;2-1+,7-3+,12-6+;;;;;. The fourth-order valence-electron chi connectivity index (χ4n) is 8.97. The minimum absolute atomic E-state index is 0. The molecule has 0 aromatic heterocycles. The number of hydrogen-bond acceptors (Lipinski definition) is 15. The third-order valence-electron chi connectivity index (χ3n) is 13.0. The number of unbranched alkanes of at least 4 members (excludes halogenated alkanes) is 1. The van der Waals surface area contributed by atoms with Crippen LogP contribution in [0.1, 0.15) is 109 Å². The van der Waals surface area contributed by atoms with Gasteiger partial charge >= 0.3 is 33.2 Å². The molecule has 0 fully saturated rings. The average molecular weight is 1290 g/mol. The van der Waals surface area contributed by atoms with Crippen molar-refractivity contribution in [3.63, 3.8) is 0 Å². The summed E-state index contributed by atoms with van der Waals surface area (Å²) in [5.41, 5.74) is 9.83. The van der Waals surface area contributed by atoms with Gasteiger partial charge in [0.1, 0.15) is 6.54 Å². The number of esters is 2. The smallest absolute Gasteiger partial charge is 0.425 e. The molecular formula is C65H76ClN2O15S4-. The predicted molar refractivity (Wildman–Crippen MR) is 335 cm³/mol. The van der Waals surface area contributed by atoms with E-state index in [0.29, 0.717) is 32.2 Å². The van der Waals surface area contributed by atoms with Gasteiger partial charge in [0.05, 0.1) is 20.9 Å². The largest absolute Gasteiger partial charge is 1.00 e. The molecule has 0 spiro atoms. The number of para-hydroxylation sites is 2. The van der Waals surface area contributed by atoms with Crippen molar-refractivity contribution in [2.24, 2.45) is 0 Å². The van der Waals surface area contributed by atoms with Crippen molar-refractivity contribution in [1.82, 2.24) is 0 Å². The minimum atomic E-state index is -4.38. The molecule has 0 amide bonds. The third kappa shape index (κ3) is 30.0. The Bertz CT molecular complexity index is 3680. The number of allylic oxidation sites excluding steroid dienone is 11. The van der Waals surface area contributed by atoms with E-state index in [-0.39, 0.29) is 29.0 Å². The first-order valence-corrected chi connectivity index (χ1v) is 32.3. The van der Waals surface area contributed by atoms with Crippen molar-refractivity contribution >= 4 is 82.3 Å². The van der Waals surface area contributed by atoms with Crippen LogP contribution in [0.4, 0.5) is 11.4 Å². The van der Waals surface area contributed by atoms with Gasteiger partial charge in [0.2, 0.25) is 16.7 Å². The van der Waals surface area contributed by atoms with Gasteiger partial charge in [0.15, 0.2) is 21.5 Å². The van der Waals surface area contributed by atoms with Gasteiger partial charge in [-0.2, -0.15) is 9.15 Å². The van der Waals surface area contributed by atoms with Gasteiger partial charge in [0.25, 0.3) is 0 Å². The van der Waals surface area contributed by atoms with Gasteiger partial charge in [-0.3, -0.25) is 9.59 Å². The van der Waals surface area contributed by atoms with Crippen LogP contribution in [-0.2, 0) is 79.5 Å². The lowest BCUT2D eigenvalue weighted by molar-refractivity contribution is -0.459. The Kier molecular flexibility index (Phi) is 35.5. The molecule has 7 rings (SSSR count). The number of nitrogens with zero attached hydrogens (tertiary/aromatic N) is 2. The highest BCUT2D eigenvalue weighted by molar-refractivity contribution is 7.86. The van der Waals surface area contributed by atoms with Crippen LogP contribution in [0.25, 0.3) is 6.08 Å². The molecule has 17 nitrogen and oxygen atoms in total. The third-order valence-corrected chi connectivity index (χ3v) is 14.9. The number of carbonyl (C=O) groups is 2. The summed E-state index contributed by atoms with van der Waals surface area (Å²) in [5, 5.41) is -1.02. The van der Waals surface area contributed by atoms with Crippen LogP contribution in [0.3, 0.4) is 0 Å². The van der Waals surface area contributed by atoms with Gasteiger partial charge in [-0.25, -0.2) is 16.8 Å². The van der Waals surface area contributed by atoms with Gasteiger partial charge < -0.3 is 26.2 Å². The van der Waals surface area contributed by atoms with Crippen molar-refractivity contribution in [2.45, 2.75) is 110 Å². The van der Waals surface area contributed by atoms with E-state index in [9.17, 15) is 35.5 Å². The summed E-state index contributed by atoms with van der Waals surface area (Å²) in [7, 11) is -14.8. The van der Waals surface area contributed by atoms with Crippen LogP contribution >= 0.6 is 0 Å². The Hall–Kier alpha value is -7.63. The topological polar surface area (TPSA) is 266 Å². The summed E-state index contributed by atoms with van der Waals surface area (Å²) >= 11 is 0. The van der Waals surface area contributed by atoms with Crippen LogP contribution in [0.2, 0.25) is 0 Å². The predicted octanol–water partition coefficient (Wildman–Crippen LogP) is 8.20. The van der Waals surface area contributed by atoms with Crippen LogP contribution in [0.15, 0.2) is 206 Å². The lowest BCUT2D eigenvalue weighted by Crippen LogP contribution is -3.00. The quantitative estimate of drug-likeness (QED) is 0.0188. The van der Waals surface area contributed by atoms with Crippen LogP contribution in [0, 0.1) is 0 Å². The van der Waals surface area contributed by atoms with E-state index in [1.165, 1.54) is 41.8 Å². The molecular weight excluding hydrogens is 1210 g/mol. The molecule has 0 N–H and O–H groups in total. The number of rotatable bonds is 19. The summed E-state index contributed by atoms with van der Waals surface area (Å²) < 4.78 is 126. The summed E-state index contributed by atoms with van der Waals surface area (Å²) in [6.07, 6.45) is 28.8.